The summed E-state index contributed by atoms with van der Waals surface area (Å²) in [6, 6.07) is 8.89. The maximum Gasteiger partial charge on any atom is 0.144 e. The van der Waals surface area contributed by atoms with Crippen LogP contribution >= 0.6 is 11.3 Å². The van der Waals surface area contributed by atoms with Crippen molar-refractivity contribution < 1.29 is 13.5 Å². The SMILES string of the molecule is Cc1sc(-c2cnccn2)nc1-c1ccc2c(c1)OCC(c1c(F)cccc1F)N2. The minimum atomic E-state index is -0.603. The van der Waals surface area contributed by atoms with Gasteiger partial charge in [0.1, 0.15) is 34.7 Å². The second-order valence-electron chi connectivity index (χ2n) is 6.87. The summed E-state index contributed by atoms with van der Waals surface area (Å²) in [4.78, 5) is 14.2. The zero-order valence-corrected chi connectivity index (χ0v) is 16.7. The topological polar surface area (TPSA) is 59.9 Å². The van der Waals surface area contributed by atoms with E-state index < -0.39 is 17.7 Å². The molecule has 0 aliphatic carbocycles. The molecule has 0 spiro atoms. The van der Waals surface area contributed by atoms with E-state index in [4.69, 9.17) is 9.72 Å². The highest BCUT2D eigenvalue weighted by Crippen LogP contribution is 2.40. The van der Waals surface area contributed by atoms with Crippen LogP contribution in [0.3, 0.4) is 0 Å². The van der Waals surface area contributed by atoms with Gasteiger partial charge in [0.05, 0.1) is 23.6 Å². The van der Waals surface area contributed by atoms with Gasteiger partial charge in [-0.2, -0.15) is 0 Å². The van der Waals surface area contributed by atoms with E-state index in [-0.39, 0.29) is 12.2 Å². The lowest BCUT2D eigenvalue weighted by atomic mass is 10.0. The molecule has 5 rings (SSSR count). The van der Waals surface area contributed by atoms with Gasteiger partial charge < -0.3 is 10.1 Å². The number of benzene rings is 2. The highest BCUT2D eigenvalue weighted by atomic mass is 32.1. The van der Waals surface area contributed by atoms with E-state index >= 15 is 0 Å². The first kappa shape index (κ1) is 18.6. The molecule has 1 atom stereocenters. The Morgan fingerprint density at radius 1 is 1.13 bits per heavy atom. The fourth-order valence-electron chi connectivity index (χ4n) is 3.49. The molecule has 1 unspecified atom stereocenters. The van der Waals surface area contributed by atoms with Crippen molar-refractivity contribution in [2.24, 2.45) is 0 Å². The smallest absolute Gasteiger partial charge is 0.144 e. The molecular formula is C22H16F2N4OS. The molecule has 8 heteroatoms. The van der Waals surface area contributed by atoms with Gasteiger partial charge in [-0.15, -0.1) is 11.3 Å². The molecule has 0 bridgehead atoms. The van der Waals surface area contributed by atoms with E-state index in [9.17, 15) is 8.78 Å². The fourth-order valence-corrected chi connectivity index (χ4v) is 4.39. The van der Waals surface area contributed by atoms with Crippen molar-refractivity contribution >= 4 is 17.0 Å². The summed E-state index contributed by atoms with van der Waals surface area (Å²) in [6.45, 7) is 2.12. The Morgan fingerprint density at radius 3 is 2.73 bits per heavy atom. The van der Waals surface area contributed by atoms with Crippen molar-refractivity contribution in [1.82, 2.24) is 15.0 Å². The second kappa shape index (κ2) is 7.46. The second-order valence-corrected chi connectivity index (χ2v) is 8.07. The standard InChI is InChI=1S/C22H16F2N4OS/c1-12-21(28-22(30-12)17-10-25-7-8-26-17)13-5-6-16-19(9-13)29-11-18(27-16)20-14(23)3-2-4-15(20)24/h2-10,18,27H,11H2,1H3. The van der Waals surface area contributed by atoms with Crippen LogP contribution < -0.4 is 10.1 Å². The molecule has 0 radical (unpaired) electrons. The van der Waals surface area contributed by atoms with Gasteiger partial charge in [0, 0.05) is 28.4 Å². The minimum absolute atomic E-state index is 0.0174. The Hall–Kier alpha value is -3.39. The first-order valence-corrected chi connectivity index (χ1v) is 10.1. The number of nitrogens with zero attached hydrogens (tertiary/aromatic N) is 3. The lowest BCUT2D eigenvalue weighted by Crippen LogP contribution is -2.25. The summed E-state index contributed by atoms with van der Waals surface area (Å²) in [6.07, 6.45) is 4.95. The number of anilines is 1. The predicted octanol–water partition coefficient (Wildman–Crippen LogP) is 5.40. The highest BCUT2D eigenvalue weighted by Gasteiger charge is 2.26. The summed E-state index contributed by atoms with van der Waals surface area (Å²) in [5.74, 6) is -0.564. The number of halogens is 2. The van der Waals surface area contributed by atoms with E-state index in [0.717, 1.165) is 26.8 Å². The van der Waals surface area contributed by atoms with E-state index in [2.05, 4.69) is 15.3 Å². The first-order chi connectivity index (χ1) is 14.6. The molecule has 30 heavy (non-hydrogen) atoms. The number of rotatable bonds is 3. The third-order valence-electron chi connectivity index (χ3n) is 4.92. The Kier molecular flexibility index (Phi) is 4.63. The van der Waals surface area contributed by atoms with E-state index in [1.165, 1.54) is 18.2 Å². The molecule has 1 aliphatic rings. The summed E-state index contributed by atoms with van der Waals surface area (Å²) in [5.41, 5.74) is 3.13. The average Bonchev–Trinajstić information content (AvgIpc) is 3.15. The quantitative estimate of drug-likeness (QED) is 0.479. The van der Waals surface area contributed by atoms with Gasteiger partial charge in [0.25, 0.3) is 0 Å². The van der Waals surface area contributed by atoms with Crippen molar-refractivity contribution in [1.29, 1.82) is 0 Å². The molecule has 2 aromatic heterocycles. The van der Waals surface area contributed by atoms with Crippen LogP contribution in [0.4, 0.5) is 14.5 Å². The van der Waals surface area contributed by atoms with E-state index in [1.807, 2.05) is 25.1 Å². The highest BCUT2D eigenvalue weighted by molar-refractivity contribution is 7.15. The number of fused-ring (bicyclic) bond motifs is 1. The van der Waals surface area contributed by atoms with Crippen molar-refractivity contribution in [3.05, 3.63) is 77.1 Å². The molecule has 1 N–H and O–H groups in total. The number of nitrogens with one attached hydrogen (secondary N) is 1. The van der Waals surface area contributed by atoms with Crippen LogP contribution in [-0.2, 0) is 0 Å². The van der Waals surface area contributed by atoms with Crippen LogP contribution in [0.15, 0.2) is 55.0 Å². The Labute approximate surface area is 175 Å². The van der Waals surface area contributed by atoms with Gasteiger partial charge in [-0.05, 0) is 31.2 Å². The van der Waals surface area contributed by atoms with Gasteiger partial charge in [-0.1, -0.05) is 12.1 Å². The van der Waals surface area contributed by atoms with Gasteiger partial charge >= 0.3 is 0 Å². The van der Waals surface area contributed by atoms with Crippen LogP contribution in [0, 0.1) is 18.6 Å². The zero-order chi connectivity index (χ0) is 20.7. The third kappa shape index (κ3) is 3.29. The molecule has 0 saturated heterocycles. The molecule has 2 aromatic carbocycles. The molecule has 0 saturated carbocycles. The number of aryl methyl sites for hydroxylation is 1. The monoisotopic (exact) mass is 422 g/mol. The number of aromatic nitrogens is 3. The normalized spacial score (nSPS) is 15.2. The Balaban J connectivity index is 1.45. The fraction of sp³-hybridized carbons (Fsp3) is 0.136. The predicted molar refractivity (Wildman–Crippen MR) is 112 cm³/mol. The Morgan fingerprint density at radius 2 is 1.97 bits per heavy atom. The maximum atomic E-state index is 14.1. The molecule has 0 fully saturated rings. The van der Waals surface area contributed by atoms with Gasteiger partial charge in [0.2, 0.25) is 0 Å². The molecular weight excluding hydrogens is 406 g/mol. The molecule has 4 aromatic rings. The number of hydrogen-bond donors (Lipinski definition) is 1. The van der Waals surface area contributed by atoms with Crippen LogP contribution in [0.5, 0.6) is 5.75 Å². The van der Waals surface area contributed by atoms with E-state index in [0.29, 0.717) is 11.4 Å². The lowest BCUT2D eigenvalue weighted by molar-refractivity contribution is 0.280. The van der Waals surface area contributed by atoms with Crippen LogP contribution in [0.1, 0.15) is 16.5 Å². The molecule has 1 aliphatic heterocycles. The average molecular weight is 422 g/mol. The van der Waals surface area contributed by atoms with Crippen LogP contribution in [-0.4, -0.2) is 21.6 Å². The lowest BCUT2D eigenvalue weighted by Gasteiger charge is -2.28. The summed E-state index contributed by atoms with van der Waals surface area (Å²) in [5, 5.41) is 3.97. The third-order valence-corrected chi connectivity index (χ3v) is 5.91. The minimum Gasteiger partial charge on any atom is -0.489 e. The molecule has 0 amide bonds. The summed E-state index contributed by atoms with van der Waals surface area (Å²) in [7, 11) is 0. The number of ether oxygens (including phenoxy) is 1. The zero-order valence-electron chi connectivity index (χ0n) is 15.9. The van der Waals surface area contributed by atoms with Crippen molar-refractivity contribution in [2.45, 2.75) is 13.0 Å². The van der Waals surface area contributed by atoms with Crippen LogP contribution in [0.2, 0.25) is 0 Å². The van der Waals surface area contributed by atoms with Crippen molar-refractivity contribution in [2.75, 3.05) is 11.9 Å². The van der Waals surface area contributed by atoms with Crippen molar-refractivity contribution in [3.63, 3.8) is 0 Å². The summed E-state index contributed by atoms with van der Waals surface area (Å²) >= 11 is 1.55. The number of thiazole rings is 1. The molecule has 5 nitrogen and oxygen atoms in total. The van der Waals surface area contributed by atoms with Gasteiger partial charge in [0.15, 0.2) is 0 Å². The van der Waals surface area contributed by atoms with Gasteiger partial charge in [-0.25, -0.2) is 13.8 Å². The first-order valence-electron chi connectivity index (χ1n) is 9.31. The Bertz CT molecular complexity index is 1210. The molecule has 3 heterocycles. The summed E-state index contributed by atoms with van der Waals surface area (Å²) < 4.78 is 34.1. The maximum absolute atomic E-state index is 14.1. The largest absolute Gasteiger partial charge is 0.489 e. The van der Waals surface area contributed by atoms with E-state index in [1.54, 1.807) is 29.9 Å². The van der Waals surface area contributed by atoms with Crippen molar-refractivity contribution in [3.8, 4) is 27.7 Å². The van der Waals surface area contributed by atoms with Gasteiger partial charge in [-0.3, -0.25) is 9.97 Å². The number of hydrogen-bond acceptors (Lipinski definition) is 6. The van der Waals surface area contributed by atoms with Crippen LogP contribution in [0.25, 0.3) is 22.0 Å². The molecule has 150 valence electrons.